The topological polar surface area (TPSA) is 17.8 Å². The summed E-state index contributed by atoms with van der Waals surface area (Å²) in [5.41, 5.74) is 3.73. The molecule has 0 saturated heterocycles. The number of rotatable bonds is 10. The molecule has 0 spiro atoms. The Morgan fingerprint density at radius 1 is 0.769 bits per heavy atom. The highest BCUT2D eigenvalue weighted by atomic mass is 35.5. The van der Waals surface area contributed by atoms with Crippen LogP contribution in [-0.4, -0.2) is 9.55 Å². The lowest BCUT2D eigenvalue weighted by Crippen LogP contribution is -2.05. The molecular weight excluding hydrogens is 340 g/mol. The molecule has 0 radical (unpaired) electrons. The van der Waals surface area contributed by atoms with E-state index in [1.807, 2.05) is 0 Å². The second kappa shape index (κ2) is 11.0. The van der Waals surface area contributed by atoms with Crippen molar-refractivity contribution in [3.05, 3.63) is 66.0 Å². The normalized spacial score (nSPS) is 10.8. The highest BCUT2D eigenvalue weighted by Crippen LogP contribution is 2.20. The first-order valence-electron chi connectivity index (χ1n) is 9.86. The van der Waals surface area contributed by atoms with Crippen LogP contribution >= 0.6 is 12.4 Å². The summed E-state index contributed by atoms with van der Waals surface area (Å²) in [6.07, 6.45) is 10.3. The Hall–Kier alpha value is -1.80. The zero-order chi connectivity index (χ0) is 17.3. The Labute approximate surface area is 164 Å². The lowest BCUT2D eigenvalue weighted by Gasteiger charge is -2.09. The van der Waals surface area contributed by atoms with Crippen molar-refractivity contribution in [2.24, 2.45) is 0 Å². The summed E-state index contributed by atoms with van der Waals surface area (Å²) in [6, 6.07) is 19.2. The summed E-state index contributed by atoms with van der Waals surface area (Å²) in [5.74, 6) is 1.19. The zero-order valence-corrected chi connectivity index (χ0v) is 16.7. The molecule has 3 heteroatoms. The van der Waals surface area contributed by atoms with Gasteiger partial charge in [-0.05, 0) is 24.1 Å². The van der Waals surface area contributed by atoms with Crippen molar-refractivity contribution in [2.45, 2.75) is 64.8 Å². The van der Waals surface area contributed by atoms with Crippen molar-refractivity contribution in [3.8, 4) is 0 Å². The van der Waals surface area contributed by atoms with E-state index in [0.29, 0.717) is 0 Å². The first-order chi connectivity index (χ1) is 12.4. The van der Waals surface area contributed by atoms with Gasteiger partial charge in [0.05, 0.1) is 11.0 Å². The fourth-order valence-corrected chi connectivity index (χ4v) is 3.52. The molecule has 140 valence electrons. The lowest BCUT2D eigenvalue weighted by atomic mass is 10.1. The van der Waals surface area contributed by atoms with Crippen molar-refractivity contribution in [1.29, 1.82) is 0 Å². The third-order valence-electron chi connectivity index (χ3n) is 4.92. The largest absolute Gasteiger partial charge is 0.328 e. The molecule has 0 aliphatic carbocycles. The summed E-state index contributed by atoms with van der Waals surface area (Å²) >= 11 is 0. The minimum absolute atomic E-state index is 0. The van der Waals surface area contributed by atoms with Crippen molar-refractivity contribution in [1.82, 2.24) is 9.55 Å². The molecule has 0 aliphatic heterocycles. The van der Waals surface area contributed by atoms with Gasteiger partial charge in [-0.25, -0.2) is 4.98 Å². The minimum atomic E-state index is 0. The number of halogens is 1. The molecule has 0 bridgehead atoms. The molecule has 0 unspecified atom stereocenters. The number of fused-ring (bicyclic) bond motifs is 1. The van der Waals surface area contributed by atoms with E-state index in [2.05, 4.69) is 66.1 Å². The second-order valence-corrected chi connectivity index (χ2v) is 6.95. The van der Waals surface area contributed by atoms with Gasteiger partial charge in [0, 0.05) is 13.0 Å². The summed E-state index contributed by atoms with van der Waals surface area (Å²) in [6.45, 7) is 3.36. The fraction of sp³-hybridized carbons (Fsp3) is 0.435. The molecule has 0 aliphatic rings. The van der Waals surface area contributed by atoms with Crippen LogP contribution in [0.1, 0.15) is 63.3 Å². The maximum absolute atomic E-state index is 4.91. The molecule has 26 heavy (non-hydrogen) atoms. The van der Waals surface area contributed by atoms with Crippen LogP contribution in [0, 0.1) is 0 Å². The Balaban J connectivity index is 0.00000243. The van der Waals surface area contributed by atoms with Crippen molar-refractivity contribution >= 4 is 23.4 Å². The molecule has 3 rings (SSSR count). The zero-order valence-electron chi connectivity index (χ0n) is 15.9. The van der Waals surface area contributed by atoms with Crippen LogP contribution in [-0.2, 0) is 13.0 Å². The maximum Gasteiger partial charge on any atom is 0.114 e. The average Bonchev–Trinajstić information content (AvgIpc) is 2.99. The first-order valence-corrected chi connectivity index (χ1v) is 9.86. The summed E-state index contributed by atoms with van der Waals surface area (Å²) in [5, 5.41) is 0. The van der Waals surface area contributed by atoms with Crippen molar-refractivity contribution < 1.29 is 0 Å². The summed E-state index contributed by atoms with van der Waals surface area (Å²) in [7, 11) is 0. The van der Waals surface area contributed by atoms with E-state index < -0.39 is 0 Å². The molecule has 0 atom stereocenters. The first kappa shape index (κ1) is 20.5. The molecule has 0 saturated carbocycles. The van der Waals surface area contributed by atoms with Gasteiger partial charge in [0.25, 0.3) is 0 Å². The van der Waals surface area contributed by atoms with Crippen LogP contribution < -0.4 is 0 Å². The van der Waals surface area contributed by atoms with E-state index in [4.69, 9.17) is 4.98 Å². The second-order valence-electron chi connectivity index (χ2n) is 6.95. The Bertz CT molecular complexity index is 764. The van der Waals surface area contributed by atoms with Gasteiger partial charge in [0.1, 0.15) is 5.82 Å². The third kappa shape index (κ3) is 5.60. The quantitative estimate of drug-likeness (QED) is 0.359. The van der Waals surface area contributed by atoms with E-state index in [9.17, 15) is 0 Å². The number of hydrogen-bond acceptors (Lipinski definition) is 1. The van der Waals surface area contributed by atoms with E-state index in [1.165, 1.54) is 61.9 Å². The maximum atomic E-state index is 4.91. The number of hydrogen-bond donors (Lipinski definition) is 0. The van der Waals surface area contributed by atoms with Gasteiger partial charge >= 0.3 is 0 Å². The number of imidazole rings is 1. The molecule has 2 nitrogen and oxygen atoms in total. The molecule has 1 aromatic heterocycles. The van der Waals surface area contributed by atoms with Crippen LogP contribution in [0.3, 0.4) is 0 Å². The standard InChI is InChI=1S/C23H30N2.ClH/c1-2-3-4-5-6-7-13-18-25-22-17-12-11-16-21(22)24-23(25)19-20-14-9-8-10-15-20;/h8-12,14-17H,2-7,13,18-19H2,1H3;1H. The van der Waals surface area contributed by atoms with Crippen LogP contribution in [0.5, 0.6) is 0 Å². The Morgan fingerprint density at radius 2 is 1.42 bits per heavy atom. The number of nitrogens with zero attached hydrogens (tertiary/aromatic N) is 2. The highest BCUT2D eigenvalue weighted by molar-refractivity contribution is 5.85. The number of benzene rings is 2. The van der Waals surface area contributed by atoms with E-state index in [1.54, 1.807) is 0 Å². The number of aromatic nitrogens is 2. The van der Waals surface area contributed by atoms with Gasteiger partial charge in [0.15, 0.2) is 0 Å². The molecule has 0 fully saturated rings. The molecule has 0 amide bonds. The van der Waals surface area contributed by atoms with Crippen LogP contribution in [0.2, 0.25) is 0 Å². The number of aryl methyl sites for hydroxylation is 1. The minimum Gasteiger partial charge on any atom is -0.328 e. The predicted octanol–water partition coefficient (Wildman–Crippen LogP) is 6.80. The monoisotopic (exact) mass is 370 g/mol. The van der Waals surface area contributed by atoms with Crippen molar-refractivity contribution in [3.63, 3.8) is 0 Å². The van der Waals surface area contributed by atoms with Crippen LogP contribution in [0.4, 0.5) is 0 Å². The SMILES string of the molecule is CCCCCCCCCn1c(Cc2ccccc2)nc2ccccc21.Cl. The smallest absolute Gasteiger partial charge is 0.114 e. The van der Waals surface area contributed by atoms with Gasteiger partial charge in [-0.1, -0.05) is 87.9 Å². The lowest BCUT2D eigenvalue weighted by molar-refractivity contribution is 0.548. The number of para-hydroxylation sites is 2. The third-order valence-corrected chi connectivity index (χ3v) is 4.92. The molecule has 1 heterocycles. The Kier molecular flexibility index (Phi) is 8.70. The molecule has 2 aromatic carbocycles. The van der Waals surface area contributed by atoms with Crippen LogP contribution in [0.25, 0.3) is 11.0 Å². The van der Waals surface area contributed by atoms with E-state index in [0.717, 1.165) is 18.5 Å². The van der Waals surface area contributed by atoms with E-state index >= 15 is 0 Å². The molecule has 3 aromatic rings. The fourth-order valence-electron chi connectivity index (χ4n) is 3.52. The van der Waals surface area contributed by atoms with Gasteiger partial charge in [-0.3, -0.25) is 0 Å². The molecular formula is C23H31ClN2. The van der Waals surface area contributed by atoms with Crippen LogP contribution in [0.15, 0.2) is 54.6 Å². The van der Waals surface area contributed by atoms with Gasteiger partial charge < -0.3 is 4.57 Å². The average molecular weight is 371 g/mol. The Morgan fingerprint density at radius 3 is 2.19 bits per heavy atom. The molecule has 0 N–H and O–H groups in total. The highest BCUT2D eigenvalue weighted by Gasteiger charge is 2.10. The predicted molar refractivity (Wildman–Crippen MR) is 114 cm³/mol. The van der Waals surface area contributed by atoms with Gasteiger partial charge in [0.2, 0.25) is 0 Å². The summed E-state index contributed by atoms with van der Waals surface area (Å²) in [4.78, 5) is 4.91. The van der Waals surface area contributed by atoms with Gasteiger partial charge in [-0.2, -0.15) is 0 Å². The van der Waals surface area contributed by atoms with Gasteiger partial charge in [-0.15, -0.1) is 12.4 Å². The summed E-state index contributed by atoms with van der Waals surface area (Å²) < 4.78 is 2.44. The number of unbranched alkanes of at least 4 members (excludes halogenated alkanes) is 6. The van der Waals surface area contributed by atoms with Crippen molar-refractivity contribution in [2.75, 3.05) is 0 Å². The van der Waals surface area contributed by atoms with E-state index in [-0.39, 0.29) is 12.4 Å².